The number of benzene rings is 2. The summed E-state index contributed by atoms with van der Waals surface area (Å²) in [6.07, 6.45) is 3.17. The highest BCUT2D eigenvalue weighted by atomic mass is 19.1. The van der Waals surface area contributed by atoms with Crippen LogP contribution < -0.4 is 0 Å². The number of nitrogens with zero attached hydrogens (tertiary/aromatic N) is 2. The second kappa shape index (κ2) is 6.39. The van der Waals surface area contributed by atoms with Gasteiger partial charge < -0.3 is 0 Å². The van der Waals surface area contributed by atoms with Gasteiger partial charge in [0.15, 0.2) is 0 Å². The SMILES string of the molecule is O=C(C1CCC1)N1N=C(c2cc(F)ccc2F)C[C@@H]1c1ccccc1. The van der Waals surface area contributed by atoms with Gasteiger partial charge in [-0.3, -0.25) is 4.79 Å². The average molecular weight is 340 g/mol. The highest BCUT2D eigenvalue weighted by Crippen LogP contribution is 2.37. The Balaban J connectivity index is 1.71. The molecule has 1 saturated carbocycles. The van der Waals surface area contributed by atoms with Gasteiger partial charge in [-0.05, 0) is 36.6 Å². The Morgan fingerprint density at radius 3 is 2.52 bits per heavy atom. The molecule has 1 atom stereocenters. The Morgan fingerprint density at radius 1 is 1.08 bits per heavy atom. The zero-order chi connectivity index (χ0) is 17.4. The molecular formula is C20H18F2N2O. The molecule has 2 aliphatic rings. The van der Waals surface area contributed by atoms with Crippen LogP contribution in [-0.2, 0) is 4.79 Å². The molecule has 0 saturated heterocycles. The summed E-state index contributed by atoms with van der Waals surface area (Å²) in [6.45, 7) is 0. The van der Waals surface area contributed by atoms with E-state index >= 15 is 0 Å². The average Bonchev–Trinajstić information content (AvgIpc) is 3.01. The molecule has 25 heavy (non-hydrogen) atoms. The fourth-order valence-electron chi connectivity index (χ4n) is 3.37. The molecule has 2 aromatic carbocycles. The lowest BCUT2D eigenvalue weighted by Gasteiger charge is -2.30. The molecule has 0 N–H and O–H groups in total. The fraction of sp³-hybridized carbons (Fsp3) is 0.300. The van der Waals surface area contributed by atoms with Crippen molar-refractivity contribution in [3.63, 3.8) is 0 Å². The van der Waals surface area contributed by atoms with Crippen LogP contribution in [0, 0.1) is 17.6 Å². The lowest BCUT2D eigenvalue weighted by atomic mass is 9.84. The Morgan fingerprint density at radius 2 is 1.84 bits per heavy atom. The van der Waals surface area contributed by atoms with Crippen LogP contribution in [0.4, 0.5) is 8.78 Å². The minimum atomic E-state index is -0.523. The number of rotatable bonds is 3. The van der Waals surface area contributed by atoms with Gasteiger partial charge in [0, 0.05) is 17.9 Å². The number of carbonyl (C=O) groups is 1. The predicted molar refractivity (Wildman–Crippen MR) is 90.9 cm³/mol. The van der Waals surface area contributed by atoms with E-state index in [2.05, 4.69) is 5.10 Å². The van der Waals surface area contributed by atoms with Gasteiger partial charge in [-0.25, -0.2) is 13.8 Å². The maximum Gasteiger partial charge on any atom is 0.246 e. The number of hydrazone groups is 1. The van der Waals surface area contributed by atoms with Crippen LogP contribution in [0.25, 0.3) is 0 Å². The van der Waals surface area contributed by atoms with Crippen molar-refractivity contribution in [3.05, 3.63) is 71.3 Å². The topological polar surface area (TPSA) is 32.7 Å². The van der Waals surface area contributed by atoms with Gasteiger partial charge in [0.1, 0.15) is 11.6 Å². The van der Waals surface area contributed by atoms with Crippen molar-refractivity contribution in [3.8, 4) is 0 Å². The van der Waals surface area contributed by atoms with Gasteiger partial charge in [-0.15, -0.1) is 0 Å². The largest absolute Gasteiger partial charge is 0.273 e. The Bertz CT molecular complexity index is 831. The minimum Gasteiger partial charge on any atom is -0.273 e. The van der Waals surface area contributed by atoms with Crippen LogP contribution in [-0.4, -0.2) is 16.6 Å². The zero-order valence-electron chi connectivity index (χ0n) is 13.7. The van der Waals surface area contributed by atoms with E-state index < -0.39 is 11.6 Å². The Hall–Kier alpha value is -2.56. The third kappa shape index (κ3) is 2.95. The highest BCUT2D eigenvalue weighted by molar-refractivity contribution is 6.03. The molecule has 1 fully saturated rings. The second-order valence-electron chi connectivity index (χ2n) is 6.61. The Kier molecular flexibility index (Phi) is 4.07. The fourth-order valence-corrected chi connectivity index (χ4v) is 3.37. The van der Waals surface area contributed by atoms with Gasteiger partial charge in [-0.2, -0.15) is 5.10 Å². The van der Waals surface area contributed by atoms with E-state index in [4.69, 9.17) is 0 Å². The summed E-state index contributed by atoms with van der Waals surface area (Å²) >= 11 is 0. The van der Waals surface area contributed by atoms with E-state index in [9.17, 15) is 13.6 Å². The van der Waals surface area contributed by atoms with Crippen molar-refractivity contribution >= 4 is 11.6 Å². The molecule has 5 heteroatoms. The lowest BCUT2D eigenvalue weighted by Crippen LogP contribution is -2.36. The minimum absolute atomic E-state index is 0.00771. The number of carbonyl (C=O) groups excluding carboxylic acids is 1. The molecule has 1 heterocycles. The first-order chi connectivity index (χ1) is 12.1. The first kappa shape index (κ1) is 15.9. The van der Waals surface area contributed by atoms with Crippen LogP contribution >= 0.6 is 0 Å². The summed E-state index contributed by atoms with van der Waals surface area (Å²) < 4.78 is 27.7. The lowest BCUT2D eigenvalue weighted by molar-refractivity contribution is -0.140. The van der Waals surface area contributed by atoms with E-state index in [0.29, 0.717) is 12.1 Å². The summed E-state index contributed by atoms with van der Waals surface area (Å²) in [5.41, 5.74) is 1.49. The maximum atomic E-state index is 14.2. The van der Waals surface area contributed by atoms with Crippen LogP contribution in [0.2, 0.25) is 0 Å². The van der Waals surface area contributed by atoms with Crippen LogP contribution in [0.15, 0.2) is 53.6 Å². The van der Waals surface area contributed by atoms with Gasteiger partial charge in [0.05, 0.1) is 11.8 Å². The number of hydrogen-bond donors (Lipinski definition) is 0. The molecule has 2 aromatic rings. The summed E-state index contributed by atoms with van der Waals surface area (Å²) in [5.74, 6) is -1.07. The number of halogens is 2. The molecule has 0 spiro atoms. The van der Waals surface area contributed by atoms with Crippen LogP contribution in [0.3, 0.4) is 0 Å². The second-order valence-corrected chi connectivity index (χ2v) is 6.61. The monoisotopic (exact) mass is 340 g/mol. The van der Waals surface area contributed by atoms with Crippen molar-refractivity contribution in [2.75, 3.05) is 0 Å². The summed E-state index contributed by atoms with van der Waals surface area (Å²) in [6, 6.07) is 12.6. The normalized spacial score (nSPS) is 20.3. The third-order valence-electron chi connectivity index (χ3n) is 5.01. The molecule has 1 aliphatic heterocycles. The molecule has 0 unspecified atom stereocenters. The maximum absolute atomic E-state index is 14.2. The van der Waals surface area contributed by atoms with Crippen molar-refractivity contribution in [2.45, 2.75) is 31.7 Å². The smallest absolute Gasteiger partial charge is 0.246 e. The van der Waals surface area contributed by atoms with E-state index in [0.717, 1.165) is 43.0 Å². The van der Waals surface area contributed by atoms with Crippen LogP contribution in [0.5, 0.6) is 0 Å². The summed E-state index contributed by atoms with van der Waals surface area (Å²) in [7, 11) is 0. The third-order valence-corrected chi connectivity index (χ3v) is 5.01. The van der Waals surface area contributed by atoms with E-state index in [1.165, 1.54) is 5.01 Å². The molecule has 3 nitrogen and oxygen atoms in total. The highest BCUT2D eigenvalue weighted by Gasteiger charge is 2.38. The summed E-state index contributed by atoms with van der Waals surface area (Å²) in [5, 5.41) is 5.90. The van der Waals surface area contributed by atoms with Crippen molar-refractivity contribution in [1.29, 1.82) is 0 Å². The summed E-state index contributed by atoms with van der Waals surface area (Å²) in [4.78, 5) is 12.8. The van der Waals surface area contributed by atoms with Crippen molar-refractivity contribution in [1.82, 2.24) is 5.01 Å². The molecule has 0 radical (unpaired) electrons. The molecule has 0 bridgehead atoms. The molecule has 0 aromatic heterocycles. The quantitative estimate of drug-likeness (QED) is 0.813. The molecule has 1 aliphatic carbocycles. The molecule has 4 rings (SSSR count). The van der Waals surface area contributed by atoms with Crippen molar-refractivity contribution < 1.29 is 13.6 Å². The number of amides is 1. The van der Waals surface area contributed by atoms with E-state index in [1.807, 2.05) is 30.3 Å². The molecular weight excluding hydrogens is 322 g/mol. The van der Waals surface area contributed by atoms with Gasteiger partial charge in [0.2, 0.25) is 5.91 Å². The van der Waals surface area contributed by atoms with E-state index in [1.54, 1.807) is 0 Å². The molecule has 128 valence electrons. The molecule has 1 amide bonds. The first-order valence-corrected chi connectivity index (χ1v) is 8.54. The van der Waals surface area contributed by atoms with Crippen LogP contribution in [0.1, 0.15) is 42.9 Å². The van der Waals surface area contributed by atoms with Crippen molar-refractivity contribution in [2.24, 2.45) is 11.0 Å². The van der Waals surface area contributed by atoms with Gasteiger partial charge in [-0.1, -0.05) is 36.8 Å². The first-order valence-electron chi connectivity index (χ1n) is 8.54. The standard InChI is InChI=1S/C20H18F2N2O/c21-15-9-10-17(22)16(11-15)18-12-19(13-5-2-1-3-6-13)24(23-18)20(25)14-7-4-8-14/h1-3,5-6,9-11,14,19H,4,7-8,12H2/t19-/m1/s1. The Labute approximate surface area is 145 Å². The van der Waals surface area contributed by atoms with Gasteiger partial charge >= 0.3 is 0 Å². The number of hydrogen-bond acceptors (Lipinski definition) is 2. The van der Waals surface area contributed by atoms with E-state index in [-0.39, 0.29) is 23.4 Å². The predicted octanol–water partition coefficient (Wildman–Crippen LogP) is 4.44. The zero-order valence-corrected chi connectivity index (χ0v) is 13.7. The van der Waals surface area contributed by atoms with Gasteiger partial charge in [0.25, 0.3) is 0 Å².